The third-order valence-corrected chi connectivity index (χ3v) is 4.43. The fraction of sp³-hybridized carbons (Fsp3) is 1.00. The highest BCUT2D eigenvalue weighted by atomic mass is 35.6. The third kappa shape index (κ3) is 10.5. The van der Waals surface area contributed by atoms with E-state index in [1.54, 1.807) is 0 Å². The Hall–Kier alpha value is 0.457. The molecular formula is C6H15ClO2SSi. The van der Waals surface area contributed by atoms with Crippen molar-refractivity contribution in [3.63, 3.8) is 0 Å². The van der Waals surface area contributed by atoms with E-state index < -0.39 is 17.2 Å². The van der Waals surface area contributed by atoms with Crippen LogP contribution in [-0.4, -0.2) is 27.8 Å². The van der Waals surface area contributed by atoms with E-state index in [4.69, 9.17) is 11.1 Å². The molecule has 5 heteroatoms. The summed E-state index contributed by atoms with van der Waals surface area (Å²) in [7, 11) is -4.33. The quantitative estimate of drug-likeness (QED) is 0.529. The molecule has 0 heterocycles. The molecule has 0 aliphatic carbocycles. The van der Waals surface area contributed by atoms with Crippen LogP contribution < -0.4 is 0 Å². The Bertz CT molecular complexity index is 205. The Morgan fingerprint density at radius 3 is 2.09 bits per heavy atom. The summed E-state index contributed by atoms with van der Waals surface area (Å²) in [6.07, 6.45) is 1.97. The summed E-state index contributed by atoms with van der Waals surface area (Å²) in [5.41, 5.74) is 0. The zero-order chi connectivity index (χ0) is 9.12. The van der Waals surface area contributed by atoms with Crippen molar-refractivity contribution in [2.24, 2.45) is 0 Å². The van der Waals surface area contributed by atoms with Gasteiger partial charge < -0.3 is 0 Å². The molecule has 11 heavy (non-hydrogen) atoms. The fourth-order valence-corrected chi connectivity index (χ4v) is 3.10. The van der Waals surface area contributed by atoms with Crippen molar-refractivity contribution in [2.45, 2.75) is 25.6 Å². The number of hydrogen-bond acceptors (Lipinski definition) is 2. The normalized spacial score (nSPS) is 13.5. The van der Waals surface area contributed by atoms with Crippen LogP contribution in [0, 0.1) is 0 Å². The summed E-state index contributed by atoms with van der Waals surface area (Å²) < 4.78 is 21.4. The molecule has 0 fully saturated rings. The van der Waals surface area contributed by atoms with E-state index in [0.717, 1.165) is 6.04 Å². The summed E-state index contributed by atoms with van der Waals surface area (Å²) in [6, 6.07) is 0.877. The Balaban J connectivity index is 3.61. The molecule has 0 aliphatic heterocycles. The average Bonchev–Trinajstić information content (AvgIpc) is 1.55. The molecule has 0 saturated heterocycles. The molecule has 0 rings (SSSR count). The Morgan fingerprint density at radius 1 is 1.36 bits per heavy atom. The minimum atomic E-state index is -2.78. The monoisotopic (exact) mass is 214 g/mol. The minimum Gasteiger partial charge on any atom is -0.229 e. The van der Waals surface area contributed by atoms with Crippen molar-refractivity contribution in [2.75, 3.05) is 12.0 Å². The number of halogens is 1. The van der Waals surface area contributed by atoms with Crippen LogP contribution in [0.4, 0.5) is 0 Å². The van der Waals surface area contributed by atoms with Crippen LogP contribution in [-0.2, 0) is 9.84 Å². The molecule has 0 atom stereocenters. The van der Waals surface area contributed by atoms with E-state index in [-0.39, 0.29) is 5.75 Å². The summed E-state index contributed by atoms with van der Waals surface area (Å²) in [5, 5.41) is 0. The second-order valence-corrected chi connectivity index (χ2v) is 12.7. The van der Waals surface area contributed by atoms with Gasteiger partial charge in [0.1, 0.15) is 9.84 Å². The van der Waals surface area contributed by atoms with Gasteiger partial charge in [-0.2, -0.15) is 11.1 Å². The first-order valence-electron chi connectivity index (χ1n) is 3.57. The minimum absolute atomic E-state index is 0.274. The lowest BCUT2D eigenvalue weighted by molar-refractivity contribution is 0.600. The molecule has 0 N–H and O–H groups in total. The first-order valence-corrected chi connectivity index (χ1v) is 9.85. The van der Waals surface area contributed by atoms with E-state index in [2.05, 4.69) is 0 Å². The highest BCUT2D eigenvalue weighted by Crippen LogP contribution is 2.16. The topological polar surface area (TPSA) is 34.1 Å². The lowest BCUT2D eigenvalue weighted by atomic mass is 10.6. The average molecular weight is 215 g/mol. The van der Waals surface area contributed by atoms with Gasteiger partial charge in [0.2, 0.25) is 0 Å². The van der Waals surface area contributed by atoms with Crippen LogP contribution in [0.2, 0.25) is 19.1 Å². The zero-order valence-corrected chi connectivity index (χ0v) is 9.80. The highest BCUT2D eigenvalue weighted by molar-refractivity contribution is 7.90. The molecule has 0 bridgehead atoms. The molecule has 0 aliphatic rings. The predicted octanol–water partition coefficient (Wildman–Crippen LogP) is 1.86. The number of hydrogen-bond donors (Lipinski definition) is 0. The molecule has 0 radical (unpaired) electrons. The number of sulfone groups is 1. The van der Waals surface area contributed by atoms with Gasteiger partial charge in [0.05, 0.1) is 0 Å². The van der Waals surface area contributed by atoms with Crippen molar-refractivity contribution < 1.29 is 8.42 Å². The molecule has 0 aromatic heterocycles. The maximum absolute atomic E-state index is 10.7. The first kappa shape index (κ1) is 11.5. The van der Waals surface area contributed by atoms with E-state index in [0.29, 0.717) is 6.42 Å². The van der Waals surface area contributed by atoms with Gasteiger partial charge in [-0.1, -0.05) is 13.1 Å². The van der Waals surface area contributed by atoms with Gasteiger partial charge in [0, 0.05) is 12.0 Å². The smallest absolute Gasteiger partial charge is 0.150 e. The first-order chi connectivity index (χ1) is 4.71. The molecule has 0 aromatic rings. The highest BCUT2D eigenvalue weighted by Gasteiger charge is 2.16. The molecule has 0 amide bonds. The van der Waals surface area contributed by atoms with Crippen molar-refractivity contribution in [3.05, 3.63) is 0 Å². The lowest BCUT2D eigenvalue weighted by Gasteiger charge is -2.10. The van der Waals surface area contributed by atoms with Crippen LogP contribution in [0.15, 0.2) is 0 Å². The van der Waals surface area contributed by atoms with E-state index in [9.17, 15) is 8.42 Å². The Labute approximate surface area is 74.6 Å². The van der Waals surface area contributed by atoms with E-state index in [1.165, 1.54) is 6.26 Å². The van der Waals surface area contributed by atoms with Gasteiger partial charge in [-0.15, -0.1) is 0 Å². The van der Waals surface area contributed by atoms with Gasteiger partial charge >= 0.3 is 0 Å². The van der Waals surface area contributed by atoms with Gasteiger partial charge in [0.25, 0.3) is 0 Å². The predicted molar refractivity (Wildman–Crippen MR) is 52.5 cm³/mol. The fourth-order valence-electron chi connectivity index (χ4n) is 0.755. The van der Waals surface area contributed by atoms with E-state index in [1.807, 2.05) is 13.1 Å². The third-order valence-electron chi connectivity index (χ3n) is 1.29. The van der Waals surface area contributed by atoms with Crippen molar-refractivity contribution in [3.8, 4) is 0 Å². The zero-order valence-electron chi connectivity index (χ0n) is 7.22. The largest absolute Gasteiger partial charge is 0.229 e. The van der Waals surface area contributed by atoms with Crippen LogP contribution in [0.5, 0.6) is 0 Å². The Morgan fingerprint density at radius 2 is 1.82 bits per heavy atom. The molecule has 0 unspecified atom stereocenters. The van der Waals surface area contributed by atoms with Crippen LogP contribution >= 0.6 is 11.1 Å². The number of rotatable bonds is 4. The Kier molecular flexibility index (Phi) is 4.08. The second-order valence-electron chi connectivity index (χ2n) is 3.45. The van der Waals surface area contributed by atoms with Gasteiger partial charge in [-0.25, -0.2) is 8.42 Å². The summed E-state index contributed by atoms with van der Waals surface area (Å²) in [5.74, 6) is 0.274. The lowest BCUT2D eigenvalue weighted by Crippen LogP contribution is -2.17. The molecule has 0 saturated carbocycles. The second kappa shape index (κ2) is 3.91. The van der Waals surface area contributed by atoms with Gasteiger partial charge in [-0.3, -0.25) is 0 Å². The molecule has 0 spiro atoms. The van der Waals surface area contributed by atoms with Crippen LogP contribution in [0.3, 0.4) is 0 Å². The van der Waals surface area contributed by atoms with Gasteiger partial charge in [0.15, 0.2) is 7.38 Å². The molecule has 0 aromatic carbocycles. The van der Waals surface area contributed by atoms with Crippen LogP contribution in [0.1, 0.15) is 6.42 Å². The van der Waals surface area contributed by atoms with Crippen molar-refractivity contribution in [1.29, 1.82) is 0 Å². The summed E-state index contributed by atoms with van der Waals surface area (Å²) in [6.45, 7) is 4.05. The summed E-state index contributed by atoms with van der Waals surface area (Å²) in [4.78, 5) is 0. The van der Waals surface area contributed by atoms with Crippen molar-refractivity contribution in [1.82, 2.24) is 0 Å². The standard InChI is InChI=1S/C6H15ClO2SSi/c1-10(8,9)5-4-6-11(2,3)7/h4-6H2,1-3H3. The summed E-state index contributed by atoms with van der Waals surface area (Å²) >= 11 is 6.01. The SMILES string of the molecule is C[Si](C)(Cl)CCCS(C)(=O)=O. The van der Waals surface area contributed by atoms with Crippen molar-refractivity contribution >= 4 is 28.3 Å². The molecular weight excluding hydrogens is 200 g/mol. The maximum Gasteiger partial charge on any atom is 0.150 e. The molecule has 2 nitrogen and oxygen atoms in total. The van der Waals surface area contributed by atoms with Gasteiger partial charge in [-0.05, 0) is 12.5 Å². The van der Waals surface area contributed by atoms with Crippen LogP contribution in [0.25, 0.3) is 0 Å². The molecule has 68 valence electrons. The van der Waals surface area contributed by atoms with E-state index >= 15 is 0 Å². The maximum atomic E-state index is 10.7.